The van der Waals surface area contributed by atoms with E-state index in [0.29, 0.717) is 19.3 Å². The lowest BCUT2D eigenvalue weighted by Gasteiger charge is -2.18. The predicted molar refractivity (Wildman–Crippen MR) is 78.6 cm³/mol. The third-order valence-electron chi connectivity index (χ3n) is 3.82. The summed E-state index contributed by atoms with van der Waals surface area (Å²) in [4.78, 5) is 0. The Balaban J connectivity index is 1.75. The zero-order chi connectivity index (χ0) is 13.7. The van der Waals surface area contributed by atoms with Crippen LogP contribution in [0, 0.1) is 13.8 Å². The number of aryl methyl sites for hydroxylation is 2. The number of rotatable bonds is 6. The second-order valence-corrected chi connectivity index (χ2v) is 5.54. The minimum absolute atomic E-state index is 0.370. The zero-order valence-corrected chi connectivity index (χ0v) is 12.0. The van der Waals surface area contributed by atoms with Gasteiger partial charge in [-0.25, -0.2) is 0 Å². The molecule has 2 rings (SSSR count). The number of anilines is 1. The standard InChI is InChI=1S/C16H25NO2/c1-12-6-5-7-13(2)16(12)17-10-14(18)11-19-15-8-3-4-9-15/h5-7,14-15,17-18H,3-4,8-11H2,1-2H3. The van der Waals surface area contributed by atoms with Crippen LogP contribution in [0.25, 0.3) is 0 Å². The Labute approximate surface area is 116 Å². The number of nitrogens with one attached hydrogen (secondary N) is 1. The van der Waals surface area contributed by atoms with Gasteiger partial charge in [0.1, 0.15) is 0 Å². The molecule has 1 saturated carbocycles. The van der Waals surface area contributed by atoms with Gasteiger partial charge in [0.25, 0.3) is 0 Å². The van der Waals surface area contributed by atoms with Crippen LogP contribution in [0.1, 0.15) is 36.8 Å². The summed E-state index contributed by atoms with van der Waals surface area (Å²) >= 11 is 0. The number of para-hydroxylation sites is 1. The average molecular weight is 263 g/mol. The molecule has 106 valence electrons. The van der Waals surface area contributed by atoms with Gasteiger partial charge in [0, 0.05) is 12.2 Å². The molecular weight excluding hydrogens is 238 g/mol. The molecule has 1 atom stereocenters. The molecule has 0 aliphatic heterocycles. The lowest BCUT2D eigenvalue weighted by atomic mass is 10.1. The molecule has 1 aromatic carbocycles. The van der Waals surface area contributed by atoms with Crippen molar-refractivity contribution in [2.75, 3.05) is 18.5 Å². The van der Waals surface area contributed by atoms with Crippen LogP contribution in [-0.2, 0) is 4.74 Å². The summed E-state index contributed by atoms with van der Waals surface area (Å²) in [6.07, 6.45) is 4.76. The molecule has 0 aromatic heterocycles. The number of benzene rings is 1. The fourth-order valence-electron chi connectivity index (χ4n) is 2.67. The third-order valence-corrected chi connectivity index (χ3v) is 3.82. The van der Waals surface area contributed by atoms with Crippen molar-refractivity contribution in [1.29, 1.82) is 0 Å². The van der Waals surface area contributed by atoms with Crippen LogP contribution >= 0.6 is 0 Å². The minimum atomic E-state index is -0.445. The first-order valence-electron chi connectivity index (χ1n) is 7.26. The fraction of sp³-hybridized carbons (Fsp3) is 0.625. The van der Waals surface area contributed by atoms with E-state index in [4.69, 9.17) is 4.74 Å². The summed E-state index contributed by atoms with van der Waals surface area (Å²) < 4.78 is 5.72. The van der Waals surface area contributed by atoms with Crippen molar-refractivity contribution in [1.82, 2.24) is 0 Å². The zero-order valence-electron chi connectivity index (χ0n) is 12.0. The molecule has 0 heterocycles. The molecule has 0 bridgehead atoms. The van der Waals surface area contributed by atoms with E-state index in [1.807, 2.05) is 0 Å². The molecule has 3 nitrogen and oxygen atoms in total. The first kappa shape index (κ1) is 14.4. The smallest absolute Gasteiger partial charge is 0.0945 e. The molecular formula is C16H25NO2. The van der Waals surface area contributed by atoms with Gasteiger partial charge in [-0.15, -0.1) is 0 Å². The van der Waals surface area contributed by atoms with Crippen LogP contribution in [0.4, 0.5) is 5.69 Å². The van der Waals surface area contributed by atoms with Crippen molar-refractivity contribution < 1.29 is 9.84 Å². The summed E-state index contributed by atoms with van der Waals surface area (Å²) in [7, 11) is 0. The van der Waals surface area contributed by atoms with Crippen LogP contribution in [0.15, 0.2) is 18.2 Å². The molecule has 1 aliphatic carbocycles. The predicted octanol–water partition coefficient (Wildman–Crippen LogP) is 3.04. The van der Waals surface area contributed by atoms with Crippen LogP contribution < -0.4 is 5.32 Å². The van der Waals surface area contributed by atoms with E-state index in [1.54, 1.807) is 0 Å². The number of aliphatic hydroxyl groups excluding tert-OH is 1. The van der Waals surface area contributed by atoms with Crippen molar-refractivity contribution >= 4 is 5.69 Å². The van der Waals surface area contributed by atoms with Gasteiger partial charge in [-0.2, -0.15) is 0 Å². The normalized spacial score (nSPS) is 17.6. The van der Waals surface area contributed by atoms with Crippen LogP contribution in [0.2, 0.25) is 0 Å². The molecule has 0 radical (unpaired) electrons. The highest BCUT2D eigenvalue weighted by molar-refractivity contribution is 5.56. The van der Waals surface area contributed by atoms with E-state index in [-0.39, 0.29) is 0 Å². The van der Waals surface area contributed by atoms with Gasteiger partial charge in [0.15, 0.2) is 0 Å². The summed E-state index contributed by atoms with van der Waals surface area (Å²) in [5.74, 6) is 0. The summed E-state index contributed by atoms with van der Waals surface area (Å²) in [5.41, 5.74) is 3.55. The lowest BCUT2D eigenvalue weighted by Crippen LogP contribution is -2.27. The molecule has 3 heteroatoms. The largest absolute Gasteiger partial charge is 0.389 e. The highest BCUT2D eigenvalue weighted by Crippen LogP contribution is 2.21. The molecule has 0 amide bonds. The molecule has 0 saturated heterocycles. The van der Waals surface area contributed by atoms with Crippen LogP contribution in [0.5, 0.6) is 0 Å². The van der Waals surface area contributed by atoms with E-state index in [9.17, 15) is 5.11 Å². The first-order valence-corrected chi connectivity index (χ1v) is 7.26. The Kier molecular flexibility index (Phi) is 5.23. The minimum Gasteiger partial charge on any atom is -0.389 e. The van der Waals surface area contributed by atoms with Gasteiger partial charge in [-0.05, 0) is 37.8 Å². The van der Waals surface area contributed by atoms with Gasteiger partial charge in [-0.3, -0.25) is 0 Å². The summed E-state index contributed by atoms with van der Waals surface area (Å²) in [6, 6.07) is 6.21. The fourth-order valence-corrected chi connectivity index (χ4v) is 2.67. The Hall–Kier alpha value is -1.06. The third kappa shape index (κ3) is 4.22. The quantitative estimate of drug-likeness (QED) is 0.829. The van der Waals surface area contributed by atoms with Gasteiger partial charge >= 0.3 is 0 Å². The highest BCUT2D eigenvalue weighted by Gasteiger charge is 2.17. The Morgan fingerprint density at radius 3 is 2.53 bits per heavy atom. The molecule has 1 unspecified atom stereocenters. The molecule has 1 fully saturated rings. The molecule has 19 heavy (non-hydrogen) atoms. The van der Waals surface area contributed by atoms with Crippen molar-refractivity contribution in [3.63, 3.8) is 0 Å². The van der Waals surface area contributed by atoms with Gasteiger partial charge < -0.3 is 15.2 Å². The second-order valence-electron chi connectivity index (χ2n) is 5.54. The maximum Gasteiger partial charge on any atom is 0.0945 e. The van der Waals surface area contributed by atoms with Gasteiger partial charge in [0.05, 0.1) is 18.8 Å². The van der Waals surface area contributed by atoms with Crippen LogP contribution in [0.3, 0.4) is 0 Å². The first-order chi connectivity index (χ1) is 9.16. The van der Waals surface area contributed by atoms with E-state index in [0.717, 1.165) is 18.5 Å². The summed E-state index contributed by atoms with van der Waals surface area (Å²) in [5, 5.41) is 13.3. The van der Waals surface area contributed by atoms with E-state index >= 15 is 0 Å². The lowest BCUT2D eigenvalue weighted by molar-refractivity contribution is -0.00117. The van der Waals surface area contributed by atoms with Gasteiger partial charge in [0.2, 0.25) is 0 Å². The van der Waals surface area contributed by atoms with Crippen molar-refractivity contribution in [3.05, 3.63) is 29.3 Å². The van der Waals surface area contributed by atoms with Crippen LogP contribution in [-0.4, -0.2) is 30.5 Å². The molecule has 1 aromatic rings. The Morgan fingerprint density at radius 2 is 1.89 bits per heavy atom. The number of hydrogen-bond donors (Lipinski definition) is 2. The molecule has 2 N–H and O–H groups in total. The van der Waals surface area contributed by atoms with Crippen molar-refractivity contribution in [2.45, 2.75) is 51.7 Å². The Bertz CT molecular complexity index is 379. The van der Waals surface area contributed by atoms with E-state index in [1.165, 1.54) is 24.0 Å². The molecule has 0 spiro atoms. The summed E-state index contributed by atoms with van der Waals surface area (Å²) in [6.45, 7) is 5.13. The van der Waals surface area contributed by atoms with Crippen molar-refractivity contribution in [3.8, 4) is 0 Å². The SMILES string of the molecule is Cc1cccc(C)c1NCC(O)COC1CCCC1. The molecule has 1 aliphatic rings. The Morgan fingerprint density at radius 1 is 1.26 bits per heavy atom. The maximum absolute atomic E-state index is 9.97. The van der Waals surface area contributed by atoms with Gasteiger partial charge in [-0.1, -0.05) is 31.0 Å². The van der Waals surface area contributed by atoms with Crippen molar-refractivity contribution in [2.24, 2.45) is 0 Å². The topological polar surface area (TPSA) is 41.5 Å². The number of aliphatic hydroxyl groups is 1. The second kappa shape index (κ2) is 6.92. The van der Waals surface area contributed by atoms with E-state index in [2.05, 4.69) is 37.4 Å². The number of ether oxygens (including phenoxy) is 1. The average Bonchev–Trinajstić information content (AvgIpc) is 2.89. The highest BCUT2D eigenvalue weighted by atomic mass is 16.5. The van der Waals surface area contributed by atoms with E-state index < -0.39 is 6.10 Å². The number of hydrogen-bond acceptors (Lipinski definition) is 3. The maximum atomic E-state index is 9.97. The monoisotopic (exact) mass is 263 g/mol.